The first kappa shape index (κ1) is 18.6. The molecule has 8 heteroatoms. The number of carbonyl (C=O) groups is 1. The maximum absolute atomic E-state index is 12.5. The molecular weight excluding hydrogens is 346 g/mol. The summed E-state index contributed by atoms with van der Waals surface area (Å²) in [5.41, 5.74) is 1.69. The lowest BCUT2D eigenvalue weighted by Crippen LogP contribution is -2.25. The molecule has 0 aliphatic rings. The zero-order valence-electron chi connectivity index (χ0n) is 14.3. The summed E-state index contributed by atoms with van der Waals surface area (Å²) in [4.78, 5) is 17.0. The van der Waals surface area contributed by atoms with Gasteiger partial charge in [0.15, 0.2) is 5.13 Å². The Kier molecular flexibility index (Phi) is 6.09. The normalized spacial score (nSPS) is 12.2. The van der Waals surface area contributed by atoms with E-state index < -0.39 is 11.0 Å². The lowest BCUT2D eigenvalue weighted by molar-refractivity contribution is -0.114. The second-order valence-corrected chi connectivity index (χ2v) is 7.73. The SMILES string of the molecule is COc1ccc(-c2sc(NC(C)=O)nc2C)cc1S(=O)NC(C)C. The first-order chi connectivity index (χ1) is 11.3. The molecule has 1 unspecified atom stereocenters. The van der Waals surface area contributed by atoms with Gasteiger partial charge in [-0.2, -0.15) is 0 Å². The van der Waals surface area contributed by atoms with Crippen molar-refractivity contribution >= 4 is 33.4 Å². The van der Waals surface area contributed by atoms with E-state index in [-0.39, 0.29) is 11.9 Å². The molecule has 2 N–H and O–H groups in total. The van der Waals surface area contributed by atoms with E-state index in [0.717, 1.165) is 16.1 Å². The molecule has 1 aromatic carbocycles. The second-order valence-electron chi connectivity index (χ2n) is 5.52. The Bertz CT molecular complexity index is 772. The second kappa shape index (κ2) is 7.87. The highest BCUT2D eigenvalue weighted by Gasteiger charge is 2.16. The van der Waals surface area contributed by atoms with E-state index >= 15 is 0 Å². The number of rotatable bonds is 6. The van der Waals surface area contributed by atoms with Gasteiger partial charge in [0.2, 0.25) is 5.91 Å². The van der Waals surface area contributed by atoms with Gasteiger partial charge in [-0.25, -0.2) is 13.9 Å². The van der Waals surface area contributed by atoms with E-state index in [2.05, 4.69) is 15.0 Å². The van der Waals surface area contributed by atoms with Crippen LogP contribution >= 0.6 is 11.3 Å². The van der Waals surface area contributed by atoms with Crippen molar-refractivity contribution in [2.45, 2.75) is 38.6 Å². The van der Waals surface area contributed by atoms with E-state index in [1.54, 1.807) is 13.2 Å². The maximum Gasteiger partial charge on any atom is 0.223 e. The van der Waals surface area contributed by atoms with Crippen LogP contribution in [0.1, 0.15) is 26.5 Å². The number of aromatic nitrogens is 1. The van der Waals surface area contributed by atoms with Crippen LogP contribution in [0.15, 0.2) is 23.1 Å². The van der Waals surface area contributed by atoms with Crippen molar-refractivity contribution in [1.82, 2.24) is 9.71 Å². The first-order valence-electron chi connectivity index (χ1n) is 7.43. The predicted molar refractivity (Wildman–Crippen MR) is 97.8 cm³/mol. The quantitative estimate of drug-likeness (QED) is 0.822. The molecule has 0 fully saturated rings. The van der Waals surface area contributed by atoms with Crippen LogP contribution in [0.2, 0.25) is 0 Å². The third kappa shape index (κ3) is 4.40. The lowest BCUT2D eigenvalue weighted by Gasteiger charge is -2.12. The number of methoxy groups -OCH3 is 1. The fraction of sp³-hybridized carbons (Fsp3) is 0.375. The van der Waals surface area contributed by atoms with Gasteiger partial charge in [-0.05, 0) is 44.5 Å². The molecule has 0 saturated carbocycles. The third-order valence-electron chi connectivity index (χ3n) is 3.05. The number of ether oxygens (including phenoxy) is 1. The number of benzene rings is 1. The molecule has 0 aliphatic heterocycles. The van der Waals surface area contributed by atoms with Crippen LogP contribution in [-0.2, 0) is 15.8 Å². The molecule has 2 rings (SSSR count). The zero-order valence-corrected chi connectivity index (χ0v) is 15.9. The summed E-state index contributed by atoms with van der Waals surface area (Å²) < 4.78 is 20.8. The summed E-state index contributed by atoms with van der Waals surface area (Å²) in [5, 5.41) is 3.24. The van der Waals surface area contributed by atoms with Crippen LogP contribution in [0, 0.1) is 6.92 Å². The van der Waals surface area contributed by atoms with E-state index in [1.807, 2.05) is 32.9 Å². The van der Waals surface area contributed by atoms with Crippen molar-refractivity contribution in [2.75, 3.05) is 12.4 Å². The Hall–Kier alpha value is -1.77. The molecule has 130 valence electrons. The number of nitrogens with zero attached hydrogens (tertiary/aromatic N) is 1. The minimum absolute atomic E-state index is 0.0794. The molecule has 1 heterocycles. The number of aryl methyl sites for hydroxylation is 1. The largest absolute Gasteiger partial charge is 0.495 e. The monoisotopic (exact) mass is 367 g/mol. The maximum atomic E-state index is 12.5. The molecule has 0 bridgehead atoms. The van der Waals surface area contributed by atoms with Gasteiger partial charge < -0.3 is 10.1 Å². The fourth-order valence-corrected chi connectivity index (χ4v) is 4.24. The highest BCUT2D eigenvalue weighted by molar-refractivity contribution is 7.83. The topological polar surface area (TPSA) is 80.3 Å². The Morgan fingerprint density at radius 3 is 2.67 bits per heavy atom. The van der Waals surface area contributed by atoms with Gasteiger partial charge in [-0.3, -0.25) is 4.79 Å². The van der Waals surface area contributed by atoms with Crippen LogP contribution in [0.3, 0.4) is 0 Å². The Balaban J connectivity index is 2.43. The Labute approximate surface area is 148 Å². The van der Waals surface area contributed by atoms with Gasteiger partial charge >= 0.3 is 0 Å². The lowest BCUT2D eigenvalue weighted by atomic mass is 10.1. The third-order valence-corrected chi connectivity index (χ3v) is 5.57. The molecule has 0 radical (unpaired) electrons. The number of hydrogen-bond donors (Lipinski definition) is 2. The first-order valence-corrected chi connectivity index (χ1v) is 9.39. The number of thiazole rings is 1. The molecule has 6 nitrogen and oxygen atoms in total. The molecule has 1 aromatic heterocycles. The van der Waals surface area contributed by atoms with Gasteiger partial charge in [0, 0.05) is 13.0 Å². The van der Waals surface area contributed by atoms with Gasteiger partial charge in [0.25, 0.3) is 0 Å². The highest BCUT2D eigenvalue weighted by Crippen LogP contribution is 2.35. The molecule has 0 spiro atoms. The smallest absolute Gasteiger partial charge is 0.223 e. The van der Waals surface area contributed by atoms with Crippen LogP contribution in [-0.4, -0.2) is 28.3 Å². The van der Waals surface area contributed by atoms with E-state index in [4.69, 9.17) is 4.74 Å². The number of carbonyl (C=O) groups excluding carboxylic acids is 1. The van der Waals surface area contributed by atoms with E-state index in [9.17, 15) is 9.00 Å². The van der Waals surface area contributed by atoms with Crippen molar-refractivity contribution in [3.63, 3.8) is 0 Å². The van der Waals surface area contributed by atoms with Crippen LogP contribution in [0.25, 0.3) is 10.4 Å². The molecule has 0 saturated heterocycles. The summed E-state index contributed by atoms with van der Waals surface area (Å²) in [6.07, 6.45) is 0. The van der Waals surface area contributed by atoms with Crippen molar-refractivity contribution < 1.29 is 13.7 Å². The van der Waals surface area contributed by atoms with Crippen molar-refractivity contribution in [1.29, 1.82) is 0 Å². The summed E-state index contributed by atoms with van der Waals surface area (Å²) in [5.74, 6) is 0.405. The average Bonchev–Trinajstić information content (AvgIpc) is 2.85. The van der Waals surface area contributed by atoms with Crippen LogP contribution in [0.4, 0.5) is 5.13 Å². The molecular formula is C16H21N3O3S2. The fourth-order valence-electron chi connectivity index (χ4n) is 2.11. The minimum Gasteiger partial charge on any atom is -0.495 e. The average molecular weight is 367 g/mol. The van der Waals surface area contributed by atoms with Crippen LogP contribution < -0.4 is 14.8 Å². The van der Waals surface area contributed by atoms with Gasteiger partial charge in [-0.1, -0.05) is 11.3 Å². The van der Waals surface area contributed by atoms with E-state index in [1.165, 1.54) is 18.3 Å². The summed E-state index contributed by atoms with van der Waals surface area (Å²) >= 11 is 1.39. The molecule has 1 atom stereocenters. The number of anilines is 1. The summed E-state index contributed by atoms with van der Waals surface area (Å²) in [6, 6.07) is 5.60. The van der Waals surface area contributed by atoms with Crippen LogP contribution in [0.5, 0.6) is 5.75 Å². The number of amides is 1. The van der Waals surface area contributed by atoms with E-state index in [0.29, 0.717) is 15.8 Å². The Morgan fingerprint density at radius 2 is 2.08 bits per heavy atom. The number of hydrogen-bond acceptors (Lipinski definition) is 5. The highest BCUT2D eigenvalue weighted by atomic mass is 32.2. The Morgan fingerprint density at radius 1 is 1.38 bits per heavy atom. The molecule has 2 aromatic rings. The predicted octanol–water partition coefficient (Wildman–Crippen LogP) is 3.11. The van der Waals surface area contributed by atoms with Crippen molar-refractivity contribution in [3.05, 3.63) is 23.9 Å². The summed E-state index contributed by atoms with van der Waals surface area (Å²) in [6.45, 7) is 7.19. The van der Waals surface area contributed by atoms with Gasteiger partial charge in [0.1, 0.15) is 16.7 Å². The molecule has 0 aliphatic carbocycles. The standard InChI is InChI=1S/C16H21N3O3S2/c1-9(2)19-24(21)14-8-12(6-7-13(14)22-5)15-10(3)17-16(23-15)18-11(4)20/h6-9,19H,1-5H3,(H,17,18,20). The zero-order chi connectivity index (χ0) is 17.9. The molecule has 1 amide bonds. The molecule has 24 heavy (non-hydrogen) atoms. The van der Waals surface area contributed by atoms with Crippen molar-refractivity contribution in [2.24, 2.45) is 0 Å². The van der Waals surface area contributed by atoms with Crippen molar-refractivity contribution in [3.8, 4) is 16.2 Å². The minimum atomic E-state index is -1.38. The van der Waals surface area contributed by atoms with Gasteiger partial charge in [0.05, 0.1) is 22.6 Å². The number of nitrogens with one attached hydrogen (secondary N) is 2. The van der Waals surface area contributed by atoms with Gasteiger partial charge in [-0.15, -0.1) is 0 Å². The summed E-state index contributed by atoms with van der Waals surface area (Å²) in [7, 11) is 0.175.